The highest BCUT2D eigenvalue weighted by Crippen LogP contribution is 2.39. The van der Waals surface area contributed by atoms with Crippen LogP contribution in [0.2, 0.25) is 0 Å². The summed E-state index contributed by atoms with van der Waals surface area (Å²) in [5.41, 5.74) is -2.63. The maximum atomic E-state index is 12.8. The second kappa shape index (κ2) is 7.41. The molecule has 0 aromatic carbocycles. The molecule has 1 heterocycles. The summed E-state index contributed by atoms with van der Waals surface area (Å²) >= 11 is 0. The largest absolute Gasteiger partial charge is 0.417 e. The second-order valence-electron chi connectivity index (χ2n) is 7.20. The number of rotatable bonds is 4. The van der Waals surface area contributed by atoms with E-state index in [1.54, 1.807) is 0 Å². The van der Waals surface area contributed by atoms with Crippen molar-refractivity contribution in [2.45, 2.75) is 76.5 Å². The summed E-state index contributed by atoms with van der Waals surface area (Å²) < 4.78 is 38.5. The maximum Gasteiger partial charge on any atom is 0.417 e. The summed E-state index contributed by atoms with van der Waals surface area (Å²) in [6.45, 7) is 1.97. The molecule has 0 spiro atoms. The van der Waals surface area contributed by atoms with E-state index in [2.05, 4.69) is 0 Å². The number of aliphatic hydroxyl groups is 1. The van der Waals surface area contributed by atoms with E-state index in [4.69, 9.17) is 0 Å². The fraction of sp³-hybridized carbons (Fsp3) is 0.941. The number of hydrogen-bond donors (Lipinski definition) is 1. The number of piperidine rings is 1. The predicted octanol–water partition coefficient (Wildman–Crippen LogP) is 3.90. The monoisotopic (exact) mass is 335 g/mol. The summed E-state index contributed by atoms with van der Waals surface area (Å²) in [7, 11) is 0. The number of likely N-dealkylation sites (tertiary alicyclic amines) is 1. The van der Waals surface area contributed by atoms with E-state index < -0.39 is 24.6 Å². The third-order valence-electron chi connectivity index (χ3n) is 5.61. The van der Waals surface area contributed by atoms with Crippen LogP contribution in [0.25, 0.3) is 0 Å². The number of alkyl halides is 3. The van der Waals surface area contributed by atoms with Crippen LogP contribution < -0.4 is 0 Å². The summed E-state index contributed by atoms with van der Waals surface area (Å²) in [5, 5.41) is 9.70. The lowest BCUT2D eigenvalue weighted by Gasteiger charge is -2.40. The smallest absolute Gasteiger partial charge is 0.380 e. The fourth-order valence-corrected chi connectivity index (χ4v) is 3.91. The molecule has 2 rings (SSSR count). The Balaban J connectivity index is 1.89. The minimum atomic E-state index is -4.62. The molecule has 0 bridgehead atoms. The van der Waals surface area contributed by atoms with Crippen molar-refractivity contribution in [1.82, 2.24) is 4.90 Å². The SMILES string of the molecule is CCC(CC1CCCCC1)C(=O)N1CCC(O)(C(F)(F)F)CC1. The summed E-state index contributed by atoms with van der Waals surface area (Å²) in [4.78, 5) is 14.2. The molecule has 1 aliphatic heterocycles. The highest BCUT2D eigenvalue weighted by molar-refractivity contribution is 5.79. The molecule has 2 aliphatic rings. The molecule has 1 aliphatic carbocycles. The van der Waals surface area contributed by atoms with Gasteiger partial charge in [-0.2, -0.15) is 13.2 Å². The molecule has 2 fully saturated rings. The number of nitrogens with zero attached hydrogens (tertiary/aromatic N) is 1. The van der Waals surface area contributed by atoms with Crippen molar-refractivity contribution in [1.29, 1.82) is 0 Å². The lowest BCUT2D eigenvalue weighted by molar-refractivity contribution is -0.272. The quantitative estimate of drug-likeness (QED) is 0.846. The number of hydrogen-bond acceptors (Lipinski definition) is 2. The van der Waals surface area contributed by atoms with Gasteiger partial charge in [0, 0.05) is 31.8 Å². The van der Waals surface area contributed by atoms with Crippen molar-refractivity contribution in [3.8, 4) is 0 Å². The Hall–Kier alpha value is -0.780. The van der Waals surface area contributed by atoms with E-state index in [9.17, 15) is 23.1 Å². The Kier molecular flexibility index (Phi) is 5.98. The zero-order chi connectivity index (χ0) is 17.1. The number of carbonyl (C=O) groups is 1. The van der Waals surface area contributed by atoms with Gasteiger partial charge in [0.15, 0.2) is 5.60 Å². The van der Waals surface area contributed by atoms with Gasteiger partial charge in [0.05, 0.1) is 0 Å². The fourth-order valence-electron chi connectivity index (χ4n) is 3.91. The number of carbonyl (C=O) groups excluding carboxylic acids is 1. The van der Waals surface area contributed by atoms with Crippen LogP contribution in [-0.2, 0) is 4.79 Å². The van der Waals surface area contributed by atoms with Crippen LogP contribution in [0.15, 0.2) is 0 Å². The van der Waals surface area contributed by atoms with Crippen molar-refractivity contribution in [2.75, 3.05) is 13.1 Å². The molecule has 0 radical (unpaired) electrons. The summed E-state index contributed by atoms with van der Waals surface area (Å²) in [6.07, 6.45) is 2.18. The van der Waals surface area contributed by atoms with Crippen LogP contribution in [-0.4, -0.2) is 40.8 Å². The van der Waals surface area contributed by atoms with E-state index in [-0.39, 0.29) is 24.9 Å². The summed E-state index contributed by atoms with van der Waals surface area (Å²) in [6, 6.07) is 0. The van der Waals surface area contributed by atoms with E-state index in [1.165, 1.54) is 24.2 Å². The van der Waals surface area contributed by atoms with Crippen molar-refractivity contribution < 1.29 is 23.1 Å². The molecular formula is C17H28F3NO2. The molecule has 1 amide bonds. The Labute approximate surface area is 136 Å². The third kappa shape index (κ3) is 4.40. The van der Waals surface area contributed by atoms with E-state index in [0.29, 0.717) is 5.92 Å². The molecular weight excluding hydrogens is 307 g/mol. The number of amides is 1. The Morgan fingerprint density at radius 3 is 2.26 bits per heavy atom. The van der Waals surface area contributed by atoms with Gasteiger partial charge >= 0.3 is 6.18 Å². The molecule has 1 atom stereocenters. The standard InChI is InChI=1S/C17H28F3NO2/c1-2-14(12-13-6-4-3-5-7-13)15(22)21-10-8-16(23,9-11-21)17(18,19)20/h13-14,23H,2-12H2,1H3. The van der Waals surface area contributed by atoms with Gasteiger partial charge in [-0.3, -0.25) is 4.79 Å². The normalized spacial score (nSPS) is 24.5. The molecule has 3 nitrogen and oxygen atoms in total. The van der Waals surface area contributed by atoms with Gasteiger partial charge in [0.25, 0.3) is 0 Å². The highest BCUT2D eigenvalue weighted by atomic mass is 19.4. The molecule has 1 N–H and O–H groups in total. The topological polar surface area (TPSA) is 40.5 Å². The first-order valence-electron chi connectivity index (χ1n) is 8.84. The minimum Gasteiger partial charge on any atom is -0.380 e. The lowest BCUT2D eigenvalue weighted by atomic mass is 9.81. The first-order chi connectivity index (χ1) is 10.8. The van der Waals surface area contributed by atoms with Crippen LogP contribution in [0, 0.1) is 11.8 Å². The molecule has 1 unspecified atom stereocenters. The highest BCUT2D eigenvalue weighted by Gasteiger charge is 2.55. The van der Waals surface area contributed by atoms with Gasteiger partial charge in [0.1, 0.15) is 0 Å². The summed E-state index contributed by atoms with van der Waals surface area (Å²) in [5.74, 6) is 0.465. The van der Waals surface area contributed by atoms with Gasteiger partial charge in [-0.1, -0.05) is 39.0 Å². The zero-order valence-corrected chi connectivity index (χ0v) is 13.9. The average molecular weight is 335 g/mol. The van der Waals surface area contributed by atoms with Crippen LogP contribution in [0.1, 0.15) is 64.7 Å². The lowest BCUT2D eigenvalue weighted by Crippen LogP contribution is -2.55. The second-order valence-corrected chi connectivity index (χ2v) is 7.20. The van der Waals surface area contributed by atoms with Crippen LogP contribution in [0.3, 0.4) is 0 Å². The Bertz CT molecular complexity index is 397. The van der Waals surface area contributed by atoms with Crippen molar-refractivity contribution in [3.05, 3.63) is 0 Å². The Morgan fingerprint density at radius 2 is 1.78 bits per heavy atom. The van der Waals surface area contributed by atoms with Gasteiger partial charge in [-0.15, -0.1) is 0 Å². The minimum absolute atomic E-state index is 0.00396. The van der Waals surface area contributed by atoms with E-state index in [1.807, 2.05) is 6.92 Å². The maximum absolute atomic E-state index is 12.8. The van der Waals surface area contributed by atoms with Crippen LogP contribution in [0.4, 0.5) is 13.2 Å². The van der Waals surface area contributed by atoms with Gasteiger partial charge in [-0.05, 0) is 18.8 Å². The van der Waals surface area contributed by atoms with Crippen molar-refractivity contribution in [2.24, 2.45) is 11.8 Å². The van der Waals surface area contributed by atoms with E-state index >= 15 is 0 Å². The average Bonchev–Trinajstić information content (AvgIpc) is 2.52. The number of halogens is 3. The molecule has 134 valence electrons. The molecule has 1 saturated carbocycles. The van der Waals surface area contributed by atoms with Crippen LogP contribution >= 0.6 is 0 Å². The van der Waals surface area contributed by atoms with Crippen molar-refractivity contribution in [3.63, 3.8) is 0 Å². The zero-order valence-electron chi connectivity index (χ0n) is 13.9. The van der Waals surface area contributed by atoms with Gasteiger partial charge in [0.2, 0.25) is 5.91 Å². The van der Waals surface area contributed by atoms with E-state index in [0.717, 1.165) is 25.7 Å². The molecule has 6 heteroatoms. The van der Waals surface area contributed by atoms with Gasteiger partial charge < -0.3 is 10.0 Å². The molecule has 0 aromatic rings. The first kappa shape index (κ1) is 18.6. The van der Waals surface area contributed by atoms with Crippen LogP contribution in [0.5, 0.6) is 0 Å². The molecule has 23 heavy (non-hydrogen) atoms. The Morgan fingerprint density at radius 1 is 1.22 bits per heavy atom. The predicted molar refractivity (Wildman–Crippen MR) is 81.8 cm³/mol. The molecule has 1 saturated heterocycles. The van der Waals surface area contributed by atoms with Gasteiger partial charge in [-0.25, -0.2) is 0 Å². The van der Waals surface area contributed by atoms with Crippen molar-refractivity contribution >= 4 is 5.91 Å². The first-order valence-corrected chi connectivity index (χ1v) is 8.84. The molecule has 0 aromatic heterocycles. The third-order valence-corrected chi connectivity index (χ3v) is 5.61.